The second-order valence-electron chi connectivity index (χ2n) is 6.22. The van der Waals surface area contributed by atoms with E-state index in [9.17, 15) is 22.8 Å². The van der Waals surface area contributed by atoms with Gasteiger partial charge in [0, 0.05) is 31.1 Å². The van der Waals surface area contributed by atoms with E-state index < -0.39 is 23.7 Å². The third-order valence-corrected chi connectivity index (χ3v) is 4.23. The van der Waals surface area contributed by atoms with Gasteiger partial charge in [-0.05, 0) is 6.92 Å². The van der Waals surface area contributed by atoms with Gasteiger partial charge in [0.15, 0.2) is 0 Å². The molecule has 0 atom stereocenters. The highest BCUT2D eigenvalue weighted by molar-refractivity contribution is 7.71. The van der Waals surface area contributed by atoms with Crippen LogP contribution in [0.2, 0.25) is 0 Å². The van der Waals surface area contributed by atoms with Crippen molar-refractivity contribution in [3.8, 4) is 17.1 Å². The Bertz CT molecular complexity index is 1220. The fraction of sp³-hybridized carbons (Fsp3) is 0.222. The maximum absolute atomic E-state index is 13.1. The van der Waals surface area contributed by atoms with Crippen molar-refractivity contribution in [2.24, 2.45) is 0 Å². The smallest absolute Gasteiger partial charge is 0.419 e. The van der Waals surface area contributed by atoms with Crippen LogP contribution in [-0.4, -0.2) is 50.4 Å². The summed E-state index contributed by atoms with van der Waals surface area (Å²) in [5.41, 5.74) is -0.750. The number of carbonyl (C=O) groups excluding carboxylic acids is 2. The summed E-state index contributed by atoms with van der Waals surface area (Å²) < 4.78 is 44.9. The molecule has 0 aliphatic rings. The van der Waals surface area contributed by atoms with Crippen molar-refractivity contribution in [2.45, 2.75) is 13.1 Å². The number of anilines is 1. The number of hydrogen-bond acceptors (Lipinski definition) is 7. The van der Waals surface area contributed by atoms with E-state index in [4.69, 9.17) is 12.2 Å². The zero-order valence-electron chi connectivity index (χ0n) is 16.6. The monoisotopic (exact) mass is 467 g/mol. The normalized spacial score (nSPS) is 11.2. The number of hydrogen-bond donors (Lipinski definition) is 3. The van der Waals surface area contributed by atoms with E-state index in [1.165, 1.54) is 25.4 Å². The number of pyridine rings is 1. The molecular formula is C18H16F3N7O3S. The summed E-state index contributed by atoms with van der Waals surface area (Å²) in [5, 5.41) is 8.75. The van der Waals surface area contributed by atoms with E-state index in [0.29, 0.717) is 12.7 Å². The van der Waals surface area contributed by atoms with Gasteiger partial charge in [0.25, 0.3) is 0 Å². The quantitative estimate of drug-likeness (QED) is 0.388. The molecule has 2 amide bonds. The van der Waals surface area contributed by atoms with E-state index in [2.05, 4.69) is 35.4 Å². The first-order valence-corrected chi connectivity index (χ1v) is 9.40. The second kappa shape index (κ2) is 9.13. The molecule has 14 heteroatoms. The highest BCUT2D eigenvalue weighted by Gasteiger charge is 2.32. The number of carbonyl (C=O) groups is 2. The lowest BCUT2D eigenvalue weighted by Crippen LogP contribution is -2.28. The molecule has 32 heavy (non-hydrogen) atoms. The average molecular weight is 467 g/mol. The van der Waals surface area contributed by atoms with Gasteiger partial charge in [-0.1, -0.05) is 12.2 Å². The molecule has 168 valence electrons. The van der Waals surface area contributed by atoms with Crippen molar-refractivity contribution in [1.29, 1.82) is 0 Å². The SMILES string of the molecule is CCNC(=O)Nc1cc(-n2cc(C(F)(F)F)cn2)c(-c2nc(=S)cc(C(=O)OC)[nH]2)cn1. The molecule has 0 aromatic carbocycles. The van der Waals surface area contributed by atoms with Gasteiger partial charge < -0.3 is 15.0 Å². The first-order chi connectivity index (χ1) is 15.1. The summed E-state index contributed by atoms with van der Waals surface area (Å²) in [6.45, 7) is 2.07. The largest absolute Gasteiger partial charge is 0.464 e. The molecule has 10 nitrogen and oxygen atoms in total. The summed E-state index contributed by atoms with van der Waals surface area (Å²) in [6.07, 6.45) is -1.94. The fourth-order valence-electron chi connectivity index (χ4n) is 2.61. The molecule has 3 heterocycles. The Labute approximate surface area is 183 Å². The third-order valence-electron chi connectivity index (χ3n) is 4.02. The molecule has 0 saturated heterocycles. The van der Waals surface area contributed by atoms with Crippen molar-refractivity contribution >= 4 is 30.0 Å². The topological polar surface area (TPSA) is 127 Å². The van der Waals surface area contributed by atoms with Gasteiger partial charge in [-0.2, -0.15) is 18.3 Å². The average Bonchev–Trinajstić information content (AvgIpc) is 3.23. The maximum atomic E-state index is 13.1. The molecule has 0 bridgehead atoms. The van der Waals surface area contributed by atoms with E-state index >= 15 is 0 Å². The van der Waals surface area contributed by atoms with Gasteiger partial charge in [-0.25, -0.2) is 24.2 Å². The minimum absolute atomic E-state index is 0.0191. The molecule has 3 aromatic heterocycles. The Hall–Kier alpha value is -3.81. The first kappa shape index (κ1) is 22.9. The first-order valence-electron chi connectivity index (χ1n) is 8.99. The Balaban J connectivity index is 2.17. The van der Waals surface area contributed by atoms with Gasteiger partial charge in [-0.3, -0.25) is 5.32 Å². The van der Waals surface area contributed by atoms with Crippen LogP contribution in [0.15, 0.2) is 30.7 Å². The van der Waals surface area contributed by atoms with E-state index in [1.807, 2.05) is 0 Å². The number of urea groups is 1. The van der Waals surface area contributed by atoms with Crippen LogP contribution in [0.3, 0.4) is 0 Å². The van der Waals surface area contributed by atoms with Gasteiger partial charge in [0.05, 0.1) is 30.1 Å². The number of aromatic amines is 1. The Morgan fingerprint density at radius 3 is 2.66 bits per heavy atom. The van der Waals surface area contributed by atoms with Gasteiger partial charge in [0.2, 0.25) is 0 Å². The van der Waals surface area contributed by atoms with Crippen LogP contribution in [0.4, 0.5) is 23.8 Å². The molecule has 0 aliphatic heterocycles. The zero-order chi connectivity index (χ0) is 23.5. The van der Waals surface area contributed by atoms with Crippen molar-refractivity contribution in [2.75, 3.05) is 19.0 Å². The molecule has 3 rings (SSSR count). The second-order valence-corrected chi connectivity index (χ2v) is 6.63. The Morgan fingerprint density at radius 2 is 2.03 bits per heavy atom. The highest BCUT2D eigenvalue weighted by Crippen LogP contribution is 2.31. The summed E-state index contributed by atoms with van der Waals surface area (Å²) in [5.74, 6) is -0.641. The van der Waals surface area contributed by atoms with Crippen LogP contribution < -0.4 is 10.6 Å². The lowest BCUT2D eigenvalue weighted by molar-refractivity contribution is -0.137. The van der Waals surface area contributed by atoms with E-state index in [-0.39, 0.29) is 33.2 Å². The van der Waals surface area contributed by atoms with Crippen molar-refractivity contribution in [3.63, 3.8) is 0 Å². The van der Waals surface area contributed by atoms with Crippen LogP contribution in [0, 0.1) is 4.64 Å². The standard InChI is InChI=1S/C18H16F3N7O3S/c1-3-22-17(30)26-13-5-12(28-8-9(6-24-28)18(19,20)21)10(7-23-13)15-25-11(16(29)31-2)4-14(32)27-15/h4-8H,3H2,1-2H3,(H,25,27,32)(H2,22,23,26,30). The van der Waals surface area contributed by atoms with Crippen molar-refractivity contribution < 1.29 is 27.5 Å². The van der Waals surface area contributed by atoms with Gasteiger partial charge >= 0.3 is 18.2 Å². The fourth-order valence-corrected chi connectivity index (χ4v) is 2.82. The minimum atomic E-state index is -4.61. The molecule has 0 saturated carbocycles. The molecule has 0 aliphatic carbocycles. The Morgan fingerprint density at radius 1 is 1.28 bits per heavy atom. The van der Waals surface area contributed by atoms with E-state index in [1.54, 1.807) is 6.92 Å². The third kappa shape index (κ3) is 5.08. The zero-order valence-corrected chi connectivity index (χ0v) is 17.5. The number of halogens is 3. The van der Waals surface area contributed by atoms with Crippen LogP contribution in [-0.2, 0) is 10.9 Å². The number of amides is 2. The van der Waals surface area contributed by atoms with Crippen LogP contribution in [0.25, 0.3) is 17.1 Å². The summed E-state index contributed by atoms with van der Waals surface area (Å²) >= 11 is 5.08. The number of methoxy groups -OCH3 is 1. The summed E-state index contributed by atoms with van der Waals surface area (Å²) in [4.78, 5) is 34.7. The maximum Gasteiger partial charge on any atom is 0.419 e. The molecule has 0 radical (unpaired) electrons. The van der Waals surface area contributed by atoms with Crippen LogP contribution in [0.1, 0.15) is 23.0 Å². The van der Waals surface area contributed by atoms with Gasteiger partial charge in [-0.15, -0.1) is 0 Å². The number of rotatable bonds is 5. The van der Waals surface area contributed by atoms with Gasteiger partial charge in [0.1, 0.15) is 22.0 Å². The number of alkyl halides is 3. The molecule has 3 N–H and O–H groups in total. The van der Waals surface area contributed by atoms with E-state index in [0.717, 1.165) is 10.9 Å². The van der Waals surface area contributed by atoms with Crippen LogP contribution in [0.5, 0.6) is 0 Å². The molecule has 0 fully saturated rings. The number of esters is 1. The highest BCUT2D eigenvalue weighted by atomic mass is 32.1. The predicted octanol–water partition coefficient (Wildman–Crippen LogP) is 3.33. The lowest BCUT2D eigenvalue weighted by atomic mass is 10.2. The number of nitrogens with zero attached hydrogens (tertiary/aromatic N) is 4. The molecule has 3 aromatic rings. The number of H-pyrrole nitrogens is 1. The molecule has 0 unspecified atom stereocenters. The number of nitrogens with one attached hydrogen (secondary N) is 3. The lowest BCUT2D eigenvalue weighted by Gasteiger charge is -2.13. The van der Waals surface area contributed by atoms with Crippen LogP contribution >= 0.6 is 12.2 Å². The number of ether oxygens (including phenoxy) is 1. The van der Waals surface area contributed by atoms with Crippen molar-refractivity contribution in [1.82, 2.24) is 30.0 Å². The summed E-state index contributed by atoms with van der Waals surface area (Å²) in [7, 11) is 1.18. The Kier molecular flexibility index (Phi) is 6.53. The number of aromatic nitrogens is 5. The molecular weight excluding hydrogens is 451 g/mol. The van der Waals surface area contributed by atoms with Crippen molar-refractivity contribution in [3.05, 3.63) is 46.6 Å². The predicted molar refractivity (Wildman–Crippen MR) is 109 cm³/mol. The summed E-state index contributed by atoms with van der Waals surface area (Å²) in [6, 6.07) is 2.03. The molecule has 0 spiro atoms. The minimum Gasteiger partial charge on any atom is -0.464 e.